The van der Waals surface area contributed by atoms with E-state index in [1.807, 2.05) is 0 Å². The Kier molecular flexibility index (Phi) is 59.7. The molecule has 17 nitrogen and oxygen atoms in total. The molecule has 3 N–H and O–H groups in total. The molecule has 530 valence electrons. The van der Waals surface area contributed by atoms with Gasteiger partial charge >= 0.3 is 39.5 Å². The summed E-state index contributed by atoms with van der Waals surface area (Å²) in [4.78, 5) is 72.6. The number of aliphatic hydroxyl groups excluding tert-OH is 1. The first-order valence-corrected chi connectivity index (χ1v) is 39.2. The Balaban J connectivity index is 5.30. The number of ether oxygens (including phenoxy) is 4. The van der Waals surface area contributed by atoms with Crippen molar-refractivity contribution in [3.63, 3.8) is 0 Å². The molecule has 0 spiro atoms. The van der Waals surface area contributed by atoms with E-state index >= 15 is 0 Å². The molecular weight excluding hydrogens is 1190 g/mol. The summed E-state index contributed by atoms with van der Waals surface area (Å²) in [6, 6.07) is 0. The fraction of sp³-hybridized carbons (Fsp3) is 0.887. The Hall–Kier alpha value is -2.46. The maximum absolute atomic E-state index is 13.0. The van der Waals surface area contributed by atoms with Crippen molar-refractivity contribution in [3.8, 4) is 0 Å². The molecule has 19 heteroatoms. The van der Waals surface area contributed by atoms with Crippen molar-refractivity contribution in [2.45, 2.75) is 349 Å². The minimum atomic E-state index is -4.96. The summed E-state index contributed by atoms with van der Waals surface area (Å²) in [7, 11) is -9.92. The average Bonchev–Trinajstić information content (AvgIpc) is 3.42. The molecule has 0 bridgehead atoms. The molecule has 0 heterocycles. The van der Waals surface area contributed by atoms with Crippen LogP contribution in [0.1, 0.15) is 331 Å². The van der Waals surface area contributed by atoms with Crippen LogP contribution < -0.4 is 0 Å². The largest absolute Gasteiger partial charge is 0.472 e. The average molecular weight is 1320 g/mol. The molecule has 0 aliphatic heterocycles. The van der Waals surface area contributed by atoms with Gasteiger partial charge in [-0.1, -0.05) is 278 Å². The van der Waals surface area contributed by atoms with Crippen LogP contribution in [0, 0.1) is 17.8 Å². The molecule has 0 aliphatic rings. The predicted octanol–water partition coefficient (Wildman–Crippen LogP) is 19.8. The molecule has 4 unspecified atom stereocenters. The molecule has 7 atom stereocenters. The number of aliphatic hydroxyl groups is 1. The second-order valence-corrected chi connectivity index (χ2v) is 28.8. The first kappa shape index (κ1) is 87.5. The summed E-state index contributed by atoms with van der Waals surface area (Å²) in [5.74, 6) is 0.0881. The number of phosphoric ester groups is 2. The lowest BCUT2D eigenvalue weighted by molar-refractivity contribution is -0.161. The lowest BCUT2D eigenvalue weighted by Gasteiger charge is -2.21. The topological polar surface area (TPSA) is 237 Å². The first-order chi connectivity index (χ1) is 43.3. The maximum Gasteiger partial charge on any atom is 0.472 e. The van der Waals surface area contributed by atoms with Crippen LogP contribution in [-0.4, -0.2) is 96.7 Å². The molecule has 0 saturated carbocycles. The highest BCUT2D eigenvalue weighted by Gasteiger charge is 2.30. The Morgan fingerprint density at radius 1 is 0.367 bits per heavy atom. The van der Waals surface area contributed by atoms with Crippen molar-refractivity contribution in [1.82, 2.24) is 0 Å². The minimum Gasteiger partial charge on any atom is -0.462 e. The molecule has 0 fully saturated rings. The smallest absolute Gasteiger partial charge is 0.462 e. The molecule has 0 amide bonds. The second-order valence-electron chi connectivity index (χ2n) is 25.9. The van der Waals surface area contributed by atoms with Gasteiger partial charge in [0.25, 0.3) is 0 Å². The van der Waals surface area contributed by atoms with Gasteiger partial charge in [0.15, 0.2) is 12.2 Å². The van der Waals surface area contributed by atoms with Crippen LogP contribution in [0.15, 0.2) is 24.3 Å². The quantitative estimate of drug-likeness (QED) is 0.0169. The van der Waals surface area contributed by atoms with Gasteiger partial charge in [0.05, 0.1) is 26.4 Å². The van der Waals surface area contributed by atoms with Crippen molar-refractivity contribution in [2.75, 3.05) is 39.6 Å². The van der Waals surface area contributed by atoms with Crippen LogP contribution >= 0.6 is 15.6 Å². The van der Waals surface area contributed by atoms with Crippen molar-refractivity contribution < 1.29 is 80.2 Å². The molecule has 0 aromatic heterocycles. The van der Waals surface area contributed by atoms with Crippen molar-refractivity contribution in [2.24, 2.45) is 17.8 Å². The number of hydrogen-bond acceptors (Lipinski definition) is 15. The van der Waals surface area contributed by atoms with Gasteiger partial charge in [0.1, 0.15) is 19.3 Å². The summed E-state index contributed by atoms with van der Waals surface area (Å²) < 4.78 is 68.3. The van der Waals surface area contributed by atoms with Crippen molar-refractivity contribution in [3.05, 3.63) is 24.3 Å². The number of unbranched alkanes of at least 4 members (excludes halogenated alkanes) is 30. The zero-order valence-corrected chi connectivity index (χ0v) is 59.9. The zero-order chi connectivity index (χ0) is 66.6. The highest BCUT2D eigenvalue weighted by atomic mass is 31.2. The summed E-state index contributed by atoms with van der Waals surface area (Å²) in [5, 5.41) is 10.6. The van der Waals surface area contributed by atoms with E-state index in [9.17, 15) is 43.2 Å². The van der Waals surface area contributed by atoms with Gasteiger partial charge in [-0.3, -0.25) is 37.3 Å². The summed E-state index contributed by atoms with van der Waals surface area (Å²) >= 11 is 0. The molecule has 0 radical (unpaired) electrons. The van der Waals surface area contributed by atoms with Crippen LogP contribution in [0.4, 0.5) is 0 Å². The molecule has 0 aromatic rings. The maximum atomic E-state index is 13.0. The molecule has 0 rings (SSSR count). The van der Waals surface area contributed by atoms with Gasteiger partial charge in [-0.15, -0.1) is 0 Å². The van der Waals surface area contributed by atoms with E-state index in [0.29, 0.717) is 25.7 Å². The standard InChI is InChI=1S/C71H134O17P2/c1-8-11-12-13-14-15-16-17-18-19-20-24-30-38-45-52-68(73)81-58-66(87-70(75)54-47-40-31-25-22-21-23-28-35-42-49-62(4)5)60-85-89(77,78)83-56-65(72)57-84-90(79,80)86-61-67(59-82-69(74)53-46-39-34-33-37-44-51-64(7)10-3)88-71(76)55-48-41-32-27-26-29-36-43-50-63(6)9-2/h15-18,62-67,72H,8-14,19-61H2,1-7H3,(H,77,78)(H,79,80)/b16-15-,18-17-/t63?,64?,65-,66-,67-/m1/s1. The van der Waals surface area contributed by atoms with E-state index in [1.165, 1.54) is 116 Å². The van der Waals surface area contributed by atoms with Gasteiger partial charge in [-0.2, -0.15) is 0 Å². The number of hydrogen-bond donors (Lipinski definition) is 3. The number of allylic oxidation sites excluding steroid dienone is 4. The third-order valence-electron chi connectivity index (χ3n) is 16.5. The highest BCUT2D eigenvalue weighted by Crippen LogP contribution is 2.45. The normalized spacial score (nSPS) is 15.0. The Bertz CT molecular complexity index is 1860. The van der Waals surface area contributed by atoms with Crippen LogP contribution in [-0.2, 0) is 65.4 Å². The second kappa shape index (κ2) is 61.4. The third kappa shape index (κ3) is 61.7. The molecule has 0 aromatic carbocycles. The monoisotopic (exact) mass is 1320 g/mol. The van der Waals surface area contributed by atoms with E-state index in [-0.39, 0.29) is 25.7 Å². The van der Waals surface area contributed by atoms with Crippen LogP contribution in [0.5, 0.6) is 0 Å². The number of carbonyl (C=O) groups excluding carboxylic acids is 4. The molecule has 0 saturated heterocycles. The number of phosphoric acid groups is 2. The fourth-order valence-electron chi connectivity index (χ4n) is 10.1. The minimum absolute atomic E-state index is 0.0985. The Labute approximate surface area is 548 Å². The summed E-state index contributed by atoms with van der Waals surface area (Å²) in [6.07, 6.45) is 48.0. The number of esters is 4. The first-order valence-electron chi connectivity index (χ1n) is 36.2. The van der Waals surface area contributed by atoms with Gasteiger partial charge in [-0.25, -0.2) is 9.13 Å². The van der Waals surface area contributed by atoms with Crippen molar-refractivity contribution in [1.29, 1.82) is 0 Å². The van der Waals surface area contributed by atoms with E-state index in [2.05, 4.69) is 72.8 Å². The lowest BCUT2D eigenvalue weighted by atomic mass is 9.99. The molecule has 0 aliphatic carbocycles. The van der Waals surface area contributed by atoms with Gasteiger partial charge in [-0.05, 0) is 69.1 Å². The lowest BCUT2D eigenvalue weighted by Crippen LogP contribution is -2.30. The predicted molar refractivity (Wildman–Crippen MR) is 363 cm³/mol. The van der Waals surface area contributed by atoms with Gasteiger partial charge < -0.3 is 33.8 Å². The Morgan fingerprint density at radius 2 is 0.656 bits per heavy atom. The number of rotatable bonds is 67. The van der Waals surface area contributed by atoms with Crippen LogP contribution in [0.25, 0.3) is 0 Å². The van der Waals surface area contributed by atoms with Gasteiger partial charge in [0.2, 0.25) is 0 Å². The Morgan fingerprint density at radius 3 is 0.989 bits per heavy atom. The van der Waals surface area contributed by atoms with Crippen molar-refractivity contribution >= 4 is 39.5 Å². The SMILES string of the molecule is CCCCCC/C=C\C=C/CCCCCCCC(=O)OC[C@H](COP(=O)(O)OC[C@@H](O)COP(=O)(O)OC[C@@H](COC(=O)CCCCCCCCC(C)CC)OC(=O)CCCCCCCCCCC(C)CC)OC(=O)CCCCCCCCCCCCC(C)C. The van der Waals surface area contributed by atoms with E-state index in [1.54, 1.807) is 0 Å². The van der Waals surface area contributed by atoms with E-state index in [0.717, 1.165) is 133 Å². The summed E-state index contributed by atoms with van der Waals surface area (Å²) in [5.41, 5.74) is 0. The third-order valence-corrected chi connectivity index (χ3v) is 18.4. The summed E-state index contributed by atoms with van der Waals surface area (Å²) in [6.45, 7) is 11.7. The van der Waals surface area contributed by atoms with E-state index < -0.39 is 97.5 Å². The van der Waals surface area contributed by atoms with E-state index in [4.69, 9.17) is 37.0 Å². The molecule has 90 heavy (non-hydrogen) atoms. The van der Waals surface area contributed by atoms with Gasteiger partial charge in [0, 0.05) is 25.7 Å². The molecular formula is C71H134O17P2. The van der Waals surface area contributed by atoms with Crippen LogP contribution in [0.3, 0.4) is 0 Å². The number of carbonyl (C=O) groups is 4. The zero-order valence-electron chi connectivity index (χ0n) is 58.1. The fourth-order valence-corrected chi connectivity index (χ4v) is 11.7. The van der Waals surface area contributed by atoms with Crippen LogP contribution in [0.2, 0.25) is 0 Å². The highest BCUT2D eigenvalue weighted by molar-refractivity contribution is 7.47.